The highest BCUT2D eigenvalue weighted by atomic mass is 32.1. The third-order valence-electron chi connectivity index (χ3n) is 7.39. The summed E-state index contributed by atoms with van der Waals surface area (Å²) in [5.41, 5.74) is 3.90. The van der Waals surface area contributed by atoms with Gasteiger partial charge in [-0.2, -0.15) is 0 Å². The van der Waals surface area contributed by atoms with Crippen molar-refractivity contribution in [2.45, 2.75) is 44.1 Å². The van der Waals surface area contributed by atoms with Gasteiger partial charge in [-0.3, -0.25) is 9.59 Å². The normalized spacial score (nSPS) is 17.8. The molecule has 0 radical (unpaired) electrons. The average molecular weight is 541 g/mol. The summed E-state index contributed by atoms with van der Waals surface area (Å²) in [6.07, 6.45) is 2.46. The van der Waals surface area contributed by atoms with Gasteiger partial charge in [0.25, 0.3) is 5.91 Å². The molecule has 4 aromatic rings. The molecule has 1 saturated carbocycles. The number of rotatable bonds is 9. The molecule has 0 saturated heterocycles. The number of methoxy groups -OCH3 is 1. The standard InChI is InChI=1S/C32H32N2O4S/c1-38-25-16-17-26(22-10-6-3-7-11-22)27(19-25)33-31(37)28-20-39-32(34-28)24-14-12-23(13-15-24)30(36)29(35)18-21-8-4-2-5-9-21/h2-11,16-17,19-20,23-24,29,35H,12-15,18H2,1H3,(H,33,37)/t23?,24?,29-/m1/s1. The summed E-state index contributed by atoms with van der Waals surface area (Å²) < 4.78 is 5.38. The summed E-state index contributed by atoms with van der Waals surface area (Å²) in [6.45, 7) is 0. The van der Waals surface area contributed by atoms with Gasteiger partial charge < -0.3 is 15.2 Å². The average Bonchev–Trinajstić information content (AvgIpc) is 3.48. The Labute approximate surface area is 232 Å². The molecule has 0 bridgehead atoms. The minimum Gasteiger partial charge on any atom is -0.497 e. The van der Waals surface area contributed by atoms with Crippen molar-refractivity contribution in [2.24, 2.45) is 5.92 Å². The first-order valence-electron chi connectivity index (χ1n) is 13.3. The second-order valence-corrected chi connectivity index (χ2v) is 10.8. The number of aliphatic hydroxyl groups excluding tert-OH is 1. The Morgan fingerprint density at radius 3 is 2.38 bits per heavy atom. The highest BCUT2D eigenvalue weighted by Gasteiger charge is 2.32. The van der Waals surface area contributed by atoms with Crippen LogP contribution in [0.2, 0.25) is 0 Å². The van der Waals surface area contributed by atoms with Crippen LogP contribution in [0.15, 0.2) is 84.2 Å². The largest absolute Gasteiger partial charge is 0.497 e. The fourth-order valence-corrected chi connectivity index (χ4v) is 6.20. The first-order chi connectivity index (χ1) is 19.0. The number of anilines is 1. The van der Waals surface area contributed by atoms with Crippen LogP contribution in [-0.4, -0.2) is 35.0 Å². The highest BCUT2D eigenvalue weighted by molar-refractivity contribution is 7.10. The number of hydrogen-bond donors (Lipinski definition) is 2. The third-order valence-corrected chi connectivity index (χ3v) is 8.40. The van der Waals surface area contributed by atoms with Gasteiger partial charge in [-0.05, 0) is 48.9 Å². The molecular formula is C32H32N2O4S. The molecule has 1 heterocycles. The van der Waals surface area contributed by atoms with Crippen molar-refractivity contribution in [1.29, 1.82) is 0 Å². The Bertz CT molecular complexity index is 1410. The minimum atomic E-state index is -0.971. The summed E-state index contributed by atoms with van der Waals surface area (Å²) in [6, 6.07) is 25.1. The minimum absolute atomic E-state index is 0.0657. The maximum Gasteiger partial charge on any atom is 0.275 e. The van der Waals surface area contributed by atoms with E-state index in [4.69, 9.17) is 4.74 Å². The van der Waals surface area contributed by atoms with E-state index in [-0.39, 0.29) is 23.5 Å². The number of benzene rings is 3. The quantitative estimate of drug-likeness (QED) is 0.252. The molecule has 39 heavy (non-hydrogen) atoms. The number of carbonyl (C=O) groups excluding carboxylic acids is 2. The molecule has 7 heteroatoms. The number of thiazole rings is 1. The number of hydrogen-bond acceptors (Lipinski definition) is 6. The van der Waals surface area contributed by atoms with Gasteiger partial charge in [0.2, 0.25) is 0 Å². The Morgan fingerprint density at radius 1 is 1.00 bits per heavy atom. The van der Waals surface area contributed by atoms with Crippen molar-refractivity contribution in [1.82, 2.24) is 4.98 Å². The van der Waals surface area contributed by atoms with Crippen molar-refractivity contribution in [3.05, 3.63) is 101 Å². The van der Waals surface area contributed by atoms with Crippen molar-refractivity contribution in [2.75, 3.05) is 12.4 Å². The van der Waals surface area contributed by atoms with Gasteiger partial charge in [0.1, 0.15) is 17.5 Å². The maximum atomic E-state index is 13.2. The summed E-state index contributed by atoms with van der Waals surface area (Å²) >= 11 is 1.49. The van der Waals surface area contributed by atoms with Crippen LogP contribution in [0.5, 0.6) is 5.75 Å². The van der Waals surface area contributed by atoms with Gasteiger partial charge in [-0.15, -0.1) is 11.3 Å². The summed E-state index contributed by atoms with van der Waals surface area (Å²) in [5, 5.41) is 16.2. The predicted molar refractivity (Wildman–Crippen MR) is 154 cm³/mol. The molecule has 6 nitrogen and oxygen atoms in total. The molecular weight excluding hydrogens is 508 g/mol. The van der Waals surface area contributed by atoms with E-state index in [1.165, 1.54) is 11.3 Å². The number of Topliss-reactive ketones (excluding diaryl/α,β-unsaturated/α-hetero) is 1. The highest BCUT2D eigenvalue weighted by Crippen LogP contribution is 2.38. The lowest BCUT2D eigenvalue weighted by Gasteiger charge is -2.27. The number of ketones is 1. The number of aromatic nitrogens is 1. The summed E-state index contributed by atoms with van der Waals surface area (Å²) in [4.78, 5) is 30.7. The van der Waals surface area contributed by atoms with E-state index in [0.717, 1.165) is 47.4 Å². The molecule has 5 rings (SSSR count). The van der Waals surface area contributed by atoms with Crippen LogP contribution in [0.25, 0.3) is 11.1 Å². The number of nitrogens with one attached hydrogen (secondary N) is 1. The summed E-state index contributed by atoms with van der Waals surface area (Å²) in [7, 11) is 1.60. The molecule has 0 spiro atoms. The fourth-order valence-electron chi connectivity index (χ4n) is 5.22. The van der Waals surface area contributed by atoms with E-state index in [2.05, 4.69) is 10.3 Å². The van der Waals surface area contributed by atoms with Crippen molar-refractivity contribution in [3.8, 4) is 16.9 Å². The van der Waals surface area contributed by atoms with Crippen molar-refractivity contribution < 1.29 is 19.4 Å². The SMILES string of the molecule is COc1ccc(-c2ccccc2)c(NC(=O)c2csc(C3CCC(C(=O)[C@H](O)Cc4ccccc4)CC3)n2)c1. The number of carbonyl (C=O) groups is 2. The van der Waals surface area contributed by atoms with Crippen LogP contribution in [0.4, 0.5) is 5.69 Å². The van der Waals surface area contributed by atoms with Gasteiger partial charge in [0.15, 0.2) is 5.78 Å². The molecule has 1 aromatic heterocycles. The molecule has 0 unspecified atom stereocenters. The zero-order chi connectivity index (χ0) is 27.2. The van der Waals surface area contributed by atoms with E-state index in [1.54, 1.807) is 12.5 Å². The maximum absolute atomic E-state index is 13.2. The molecule has 1 amide bonds. The molecule has 2 N–H and O–H groups in total. The van der Waals surface area contributed by atoms with E-state index < -0.39 is 6.10 Å². The van der Waals surface area contributed by atoms with Gasteiger partial charge in [0, 0.05) is 35.3 Å². The Hall–Kier alpha value is -3.81. The van der Waals surface area contributed by atoms with Crippen molar-refractivity contribution in [3.63, 3.8) is 0 Å². The van der Waals surface area contributed by atoms with Gasteiger partial charge in [0.05, 0.1) is 17.8 Å². The monoisotopic (exact) mass is 540 g/mol. The van der Waals surface area contributed by atoms with Crippen LogP contribution in [0.3, 0.4) is 0 Å². The lowest BCUT2D eigenvalue weighted by molar-refractivity contribution is -0.132. The van der Waals surface area contributed by atoms with E-state index >= 15 is 0 Å². The van der Waals surface area contributed by atoms with E-state index in [0.29, 0.717) is 23.6 Å². The number of nitrogens with zero attached hydrogens (tertiary/aromatic N) is 1. The van der Waals surface area contributed by atoms with Gasteiger partial charge in [-0.1, -0.05) is 60.7 Å². The lowest BCUT2D eigenvalue weighted by atomic mass is 9.78. The third kappa shape index (κ3) is 6.44. The zero-order valence-corrected chi connectivity index (χ0v) is 22.7. The zero-order valence-electron chi connectivity index (χ0n) is 21.9. The second kappa shape index (κ2) is 12.4. The Balaban J connectivity index is 1.21. The van der Waals surface area contributed by atoms with Crippen LogP contribution < -0.4 is 10.1 Å². The van der Waals surface area contributed by atoms with Crippen LogP contribution in [0.1, 0.15) is 52.7 Å². The molecule has 1 aliphatic carbocycles. The molecule has 0 aliphatic heterocycles. The molecule has 1 fully saturated rings. The van der Waals surface area contributed by atoms with E-state index in [1.807, 2.05) is 78.9 Å². The first kappa shape index (κ1) is 26.8. The Morgan fingerprint density at radius 2 is 1.69 bits per heavy atom. The smallest absolute Gasteiger partial charge is 0.275 e. The number of amides is 1. The molecule has 1 aliphatic rings. The lowest BCUT2D eigenvalue weighted by Crippen LogP contribution is -2.32. The predicted octanol–water partition coefficient (Wildman–Crippen LogP) is 6.52. The molecule has 1 atom stereocenters. The van der Waals surface area contributed by atoms with Crippen LogP contribution >= 0.6 is 11.3 Å². The molecule has 3 aromatic carbocycles. The number of ether oxygens (including phenoxy) is 1. The second-order valence-electron chi connectivity index (χ2n) is 9.96. The van der Waals surface area contributed by atoms with Crippen LogP contribution in [-0.2, 0) is 11.2 Å². The summed E-state index contributed by atoms with van der Waals surface area (Å²) in [5.74, 6) is 0.403. The van der Waals surface area contributed by atoms with Gasteiger partial charge in [-0.25, -0.2) is 4.98 Å². The van der Waals surface area contributed by atoms with E-state index in [9.17, 15) is 14.7 Å². The number of aliphatic hydroxyl groups is 1. The first-order valence-corrected chi connectivity index (χ1v) is 14.2. The topological polar surface area (TPSA) is 88.5 Å². The molecule has 200 valence electrons. The fraction of sp³-hybridized carbons (Fsp3) is 0.281. The van der Waals surface area contributed by atoms with Crippen LogP contribution in [0, 0.1) is 5.92 Å². The van der Waals surface area contributed by atoms with Crippen molar-refractivity contribution >= 4 is 28.7 Å². The van der Waals surface area contributed by atoms with Gasteiger partial charge >= 0.3 is 0 Å². The Kier molecular flexibility index (Phi) is 8.49.